The number of esters is 1. The highest BCUT2D eigenvalue weighted by Gasteiger charge is 2.23. The summed E-state index contributed by atoms with van der Waals surface area (Å²) in [4.78, 5) is 23.4. The van der Waals surface area contributed by atoms with Crippen LogP contribution in [-0.2, 0) is 30.3 Å². The average molecular weight is 451 g/mol. The molecule has 0 aliphatic rings. The Labute approximate surface area is 182 Å². The van der Waals surface area contributed by atoms with Crippen LogP contribution in [0.2, 0.25) is 0 Å². The van der Waals surface area contributed by atoms with Gasteiger partial charge < -0.3 is 14.2 Å². The van der Waals surface area contributed by atoms with Gasteiger partial charge in [-0.05, 0) is 48.2 Å². The van der Waals surface area contributed by atoms with Crippen LogP contribution >= 0.6 is 0 Å². The summed E-state index contributed by atoms with van der Waals surface area (Å²) >= 11 is 0. The van der Waals surface area contributed by atoms with Gasteiger partial charge in [0.25, 0.3) is 10.1 Å². The van der Waals surface area contributed by atoms with E-state index in [0.717, 1.165) is 12.7 Å². The van der Waals surface area contributed by atoms with Crippen molar-refractivity contribution in [2.75, 3.05) is 28.4 Å². The normalized spacial score (nSPS) is 12.2. The first-order valence-corrected chi connectivity index (χ1v) is 10.9. The summed E-state index contributed by atoms with van der Waals surface area (Å²) in [5.41, 5.74) is 1.65. The van der Waals surface area contributed by atoms with Crippen LogP contribution in [0.25, 0.3) is 11.1 Å². The maximum atomic E-state index is 12.6. The van der Waals surface area contributed by atoms with Crippen molar-refractivity contribution in [2.45, 2.75) is 24.7 Å². The van der Waals surface area contributed by atoms with Crippen molar-refractivity contribution in [3.8, 4) is 22.6 Å². The van der Waals surface area contributed by atoms with Gasteiger partial charge in [-0.1, -0.05) is 13.0 Å². The molecule has 2 aromatic carbocycles. The van der Waals surface area contributed by atoms with Gasteiger partial charge in [-0.3, -0.25) is 13.8 Å². The van der Waals surface area contributed by atoms with Gasteiger partial charge in [-0.2, -0.15) is 8.42 Å². The molecule has 2 aromatic rings. The van der Waals surface area contributed by atoms with Gasteiger partial charge in [0.15, 0.2) is 17.8 Å². The second-order valence-corrected chi connectivity index (χ2v) is 8.51. The minimum absolute atomic E-state index is 0.0879. The first kappa shape index (κ1) is 24.4. The van der Waals surface area contributed by atoms with Crippen molar-refractivity contribution in [3.63, 3.8) is 0 Å². The molecule has 0 aromatic heterocycles. The van der Waals surface area contributed by atoms with E-state index >= 15 is 0 Å². The summed E-state index contributed by atoms with van der Waals surface area (Å²) in [7, 11) is 1.22. The molecule has 0 aliphatic heterocycles. The van der Waals surface area contributed by atoms with E-state index in [1.807, 2.05) is 0 Å². The van der Waals surface area contributed by atoms with Gasteiger partial charge in [-0.25, -0.2) is 0 Å². The summed E-state index contributed by atoms with van der Waals surface area (Å²) in [6.07, 6.45) is 1.63. The van der Waals surface area contributed by atoms with E-state index in [-0.39, 0.29) is 27.9 Å². The number of benzene rings is 2. The molecule has 0 N–H and O–H groups in total. The number of hydrogen-bond donors (Lipinski definition) is 0. The predicted molar refractivity (Wildman–Crippen MR) is 114 cm³/mol. The molecule has 2 rings (SSSR count). The smallest absolute Gasteiger partial charge is 0.308 e. The molecular weight excluding hydrogens is 424 g/mol. The number of ether oxygens (including phenoxy) is 3. The average Bonchev–Trinajstić information content (AvgIpc) is 2.80. The molecule has 0 amide bonds. The monoisotopic (exact) mass is 450 g/mol. The van der Waals surface area contributed by atoms with E-state index in [1.165, 1.54) is 33.5 Å². The maximum absolute atomic E-state index is 12.6. The molecule has 1 atom stereocenters. The zero-order chi connectivity index (χ0) is 23.2. The molecule has 0 bridgehead atoms. The molecule has 168 valence electrons. The van der Waals surface area contributed by atoms with E-state index in [1.54, 1.807) is 25.1 Å². The molecule has 8 nitrogen and oxygen atoms in total. The van der Waals surface area contributed by atoms with Gasteiger partial charge in [0.2, 0.25) is 0 Å². The lowest BCUT2D eigenvalue weighted by atomic mass is 9.95. The third kappa shape index (κ3) is 5.42. The van der Waals surface area contributed by atoms with Gasteiger partial charge in [0.1, 0.15) is 4.90 Å². The van der Waals surface area contributed by atoms with Crippen molar-refractivity contribution in [1.82, 2.24) is 0 Å². The van der Waals surface area contributed by atoms with Crippen LogP contribution in [0, 0.1) is 5.92 Å². The molecule has 0 saturated heterocycles. The number of rotatable bonds is 10. The summed E-state index contributed by atoms with van der Waals surface area (Å²) in [5, 5.41) is 0. The maximum Gasteiger partial charge on any atom is 0.308 e. The number of carbonyl (C=O) groups is 2. The van der Waals surface area contributed by atoms with Crippen LogP contribution < -0.4 is 9.47 Å². The Morgan fingerprint density at radius 1 is 1.00 bits per heavy atom. The van der Waals surface area contributed by atoms with Crippen molar-refractivity contribution in [1.29, 1.82) is 0 Å². The highest BCUT2D eigenvalue weighted by Crippen LogP contribution is 2.38. The lowest BCUT2D eigenvalue weighted by Crippen LogP contribution is -2.13. The molecule has 31 heavy (non-hydrogen) atoms. The third-order valence-electron chi connectivity index (χ3n) is 4.98. The fraction of sp³-hybridized carbons (Fsp3) is 0.364. The van der Waals surface area contributed by atoms with Gasteiger partial charge >= 0.3 is 5.97 Å². The molecule has 0 aliphatic carbocycles. The van der Waals surface area contributed by atoms with E-state index in [9.17, 15) is 18.0 Å². The Bertz CT molecular complexity index is 1060. The zero-order valence-electron chi connectivity index (χ0n) is 18.1. The van der Waals surface area contributed by atoms with E-state index < -0.39 is 10.1 Å². The SMILES string of the molecule is COC(=O)C(C)CCc1ccc(S(=O)(=O)OC)c(-c2cc(OC)c(OC)cc2C=O)c1. The standard InChI is InChI=1S/C22H26O8S/c1-14(22(24)29-4)6-7-15-8-9-21(31(25,26)30-5)18(10-15)17-12-20(28-3)19(27-2)11-16(17)13-23/h8-14H,6-7H2,1-5H3. The minimum atomic E-state index is -4.06. The molecule has 0 saturated carbocycles. The molecule has 1 unspecified atom stereocenters. The Kier molecular flexibility index (Phi) is 8.18. The number of aldehydes is 1. The third-order valence-corrected chi connectivity index (χ3v) is 6.31. The van der Waals surface area contributed by atoms with Crippen molar-refractivity contribution in [2.24, 2.45) is 5.92 Å². The van der Waals surface area contributed by atoms with E-state index in [4.69, 9.17) is 18.4 Å². The first-order valence-electron chi connectivity index (χ1n) is 9.45. The van der Waals surface area contributed by atoms with Crippen LogP contribution in [0.4, 0.5) is 0 Å². The fourth-order valence-corrected chi connectivity index (χ4v) is 4.03. The van der Waals surface area contributed by atoms with Crippen LogP contribution in [-0.4, -0.2) is 49.1 Å². The number of methoxy groups -OCH3 is 3. The van der Waals surface area contributed by atoms with E-state index in [2.05, 4.69) is 0 Å². The number of hydrogen-bond acceptors (Lipinski definition) is 8. The quantitative estimate of drug-likeness (QED) is 0.309. The van der Waals surface area contributed by atoms with Crippen LogP contribution in [0.3, 0.4) is 0 Å². The molecule has 0 fully saturated rings. The molecule has 0 heterocycles. The van der Waals surface area contributed by atoms with Crippen LogP contribution in [0.1, 0.15) is 29.3 Å². The summed E-state index contributed by atoms with van der Waals surface area (Å²) in [5.74, 6) is 0.0468. The van der Waals surface area contributed by atoms with Crippen LogP contribution in [0.15, 0.2) is 35.2 Å². The summed E-state index contributed by atoms with van der Waals surface area (Å²) in [6.45, 7) is 1.76. The number of aryl methyl sites for hydroxylation is 1. The van der Waals surface area contributed by atoms with Crippen LogP contribution in [0.5, 0.6) is 11.5 Å². The minimum Gasteiger partial charge on any atom is -0.493 e. The largest absolute Gasteiger partial charge is 0.493 e. The Hall–Kier alpha value is -2.91. The molecular formula is C22H26O8S. The highest BCUT2D eigenvalue weighted by molar-refractivity contribution is 7.86. The number of carbonyl (C=O) groups excluding carboxylic acids is 2. The van der Waals surface area contributed by atoms with Gasteiger partial charge in [0, 0.05) is 11.1 Å². The zero-order valence-corrected chi connectivity index (χ0v) is 18.9. The Balaban J connectivity index is 2.66. The summed E-state index contributed by atoms with van der Waals surface area (Å²) < 4.78 is 45.1. The van der Waals surface area contributed by atoms with Gasteiger partial charge in [0.05, 0.1) is 34.4 Å². The predicted octanol–water partition coefficient (Wildman–Crippen LogP) is 3.26. The highest BCUT2D eigenvalue weighted by atomic mass is 32.2. The van der Waals surface area contributed by atoms with Crippen molar-refractivity contribution >= 4 is 22.4 Å². The fourth-order valence-electron chi connectivity index (χ4n) is 3.18. The lowest BCUT2D eigenvalue weighted by molar-refractivity contribution is -0.145. The second-order valence-electron chi connectivity index (χ2n) is 6.83. The first-order chi connectivity index (χ1) is 14.7. The van der Waals surface area contributed by atoms with E-state index in [0.29, 0.717) is 36.2 Å². The molecule has 0 spiro atoms. The Morgan fingerprint density at radius 3 is 2.19 bits per heavy atom. The van der Waals surface area contributed by atoms with Crippen molar-refractivity contribution < 1.29 is 36.4 Å². The topological polar surface area (TPSA) is 105 Å². The summed E-state index contributed by atoms with van der Waals surface area (Å²) in [6, 6.07) is 7.78. The second kappa shape index (κ2) is 10.4. The lowest BCUT2D eigenvalue weighted by Gasteiger charge is -2.16. The molecule has 9 heteroatoms. The Morgan fingerprint density at radius 2 is 1.65 bits per heavy atom. The van der Waals surface area contributed by atoms with Crippen molar-refractivity contribution in [3.05, 3.63) is 41.5 Å². The van der Waals surface area contributed by atoms with Gasteiger partial charge in [-0.15, -0.1) is 0 Å². The molecule has 0 radical (unpaired) electrons.